The number of rotatable bonds is 7. The molecule has 0 radical (unpaired) electrons. The molecule has 11 nitrogen and oxygen atoms in total. The van der Waals surface area contributed by atoms with Crippen molar-refractivity contribution >= 4 is 23.2 Å². The van der Waals surface area contributed by atoms with Gasteiger partial charge in [0.1, 0.15) is 28.6 Å². The Bertz CT molecular complexity index is 1380. The normalized spacial score (nSPS) is 28.3. The fourth-order valence-electron chi connectivity index (χ4n) is 7.72. The lowest BCUT2D eigenvalue weighted by atomic mass is 9.57. The van der Waals surface area contributed by atoms with Crippen molar-refractivity contribution in [3.05, 3.63) is 39.7 Å². The first kappa shape index (κ1) is 29.1. The maximum absolute atomic E-state index is 14.0. The van der Waals surface area contributed by atoms with E-state index in [1.54, 1.807) is 14.1 Å². The van der Waals surface area contributed by atoms with Crippen LogP contribution in [0.4, 0.5) is 0 Å². The van der Waals surface area contributed by atoms with Crippen LogP contribution in [0.15, 0.2) is 23.0 Å². The number of carbonyl (C=O) groups excluding carboxylic acids is 3. The standard InChI is InChI=1S/C30H39N3O8/c1-32(2)23-18-10-15-9-17-21(19(34)11-16(26(17)41-4)13-33(3)12-14-7-5-6-8-14)24(35)20(15)27(37)30(18,40)28(38)22(25(23)36)29(31)39/h11,14-15,18,23,34-35,38,40H,5-10,12-13H2,1-4H3,(H2,31,39)/t15-,18-,23-,30-/m0/s1. The zero-order valence-corrected chi connectivity index (χ0v) is 23.9. The van der Waals surface area contributed by atoms with Crippen molar-refractivity contribution in [2.45, 2.75) is 56.7 Å². The van der Waals surface area contributed by atoms with Gasteiger partial charge in [0.05, 0.1) is 18.7 Å². The molecule has 0 aliphatic heterocycles. The van der Waals surface area contributed by atoms with Crippen molar-refractivity contribution in [2.75, 3.05) is 34.8 Å². The number of phenols is 1. The summed E-state index contributed by atoms with van der Waals surface area (Å²) >= 11 is 0. The summed E-state index contributed by atoms with van der Waals surface area (Å²) in [6.07, 6.45) is 5.09. The highest BCUT2D eigenvalue weighted by Crippen LogP contribution is 2.54. The first-order chi connectivity index (χ1) is 19.3. The van der Waals surface area contributed by atoms with E-state index in [-0.39, 0.29) is 29.7 Å². The predicted octanol–water partition coefficient (Wildman–Crippen LogP) is 1.59. The van der Waals surface area contributed by atoms with Gasteiger partial charge in [-0.2, -0.15) is 0 Å². The van der Waals surface area contributed by atoms with Gasteiger partial charge >= 0.3 is 0 Å². The Morgan fingerprint density at radius 3 is 2.39 bits per heavy atom. The predicted molar refractivity (Wildman–Crippen MR) is 149 cm³/mol. The van der Waals surface area contributed by atoms with Crippen LogP contribution in [0, 0.1) is 17.8 Å². The number of hydrogen-bond donors (Lipinski definition) is 5. The molecule has 1 aromatic rings. The fraction of sp³-hybridized carbons (Fsp3) is 0.567. The number of fused-ring (bicyclic) bond motifs is 3. The van der Waals surface area contributed by atoms with Gasteiger partial charge in [0.2, 0.25) is 5.78 Å². The number of likely N-dealkylation sites (N-methyl/N-ethyl adjacent to an activating group) is 1. The van der Waals surface area contributed by atoms with Gasteiger partial charge in [0, 0.05) is 35.7 Å². The lowest BCUT2D eigenvalue weighted by Crippen LogP contribution is -2.65. The van der Waals surface area contributed by atoms with Crippen molar-refractivity contribution in [1.82, 2.24) is 9.80 Å². The summed E-state index contributed by atoms with van der Waals surface area (Å²) in [5.74, 6) is -5.59. The molecule has 2 fully saturated rings. The molecule has 0 unspecified atom stereocenters. The number of nitrogens with zero attached hydrogens (tertiary/aromatic N) is 2. The van der Waals surface area contributed by atoms with Crippen LogP contribution in [0.1, 0.15) is 48.8 Å². The molecule has 6 N–H and O–H groups in total. The quantitative estimate of drug-likeness (QED) is 0.304. The fourth-order valence-corrected chi connectivity index (χ4v) is 7.72. The molecular weight excluding hydrogens is 530 g/mol. The highest BCUT2D eigenvalue weighted by atomic mass is 16.5. The van der Waals surface area contributed by atoms with Crippen LogP contribution in [0.5, 0.6) is 11.5 Å². The van der Waals surface area contributed by atoms with Crippen molar-refractivity contribution in [3.8, 4) is 11.5 Å². The van der Waals surface area contributed by atoms with Crippen LogP contribution in [-0.4, -0.2) is 94.1 Å². The molecule has 0 spiro atoms. The van der Waals surface area contributed by atoms with E-state index in [1.807, 2.05) is 7.05 Å². The van der Waals surface area contributed by atoms with Crippen molar-refractivity contribution < 1.29 is 39.5 Å². The zero-order valence-electron chi connectivity index (χ0n) is 23.9. The molecule has 1 aromatic carbocycles. The molecule has 1 amide bonds. The summed E-state index contributed by atoms with van der Waals surface area (Å²) in [4.78, 5) is 43.0. The number of nitrogens with two attached hydrogens (primary N) is 1. The SMILES string of the molecule is COc1c(CN(C)CC2CCCC2)cc(O)c2c1C[C@H]1C[C@H]3[C@H](N(C)C)C(=O)C(C(N)=O)=C(O)[C@@]3(O)C(=O)C1=C2O. The number of primary amides is 1. The number of ketones is 2. The monoisotopic (exact) mass is 569 g/mol. The van der Waals surface area contributed by atoms with E-state index in [2.05, 4.69) is 4.90 Å². The van der Waals surface area contributed by atoms with E-state index >= 15 is 0 Å². The minimum absolute atomic E-state index is 0.0281. The summed E-state index contributed by atoms with van der Waals surface area (Å²) in [7, 11) is 6.68. The largest absolute Gasteiger partial charge is 0.508 e. The Kier molecular flexibility index (Phi) is 7.42. The van der Waals surface area contributed by atoms with Crippen LogP contribution in [0.2, 0.25) is 0 Å². The smallest absolute Gasteiger partial charge is 0.255 e. The Morgan fingerprint density at radius 2 is 1.80 bits per heavy atom. The Labute approximate surface area is 238 Å². The third kappa shape index (κ3) is 4.41. The summed E-state index contributed by atoms with van der Waals surface area (Å²) in [6.45, 7) is 1.42. The second-order valence-electron chi connectivity index (χ2n) is 12.3. The van der Waals surface area contributed by atoms with Crippen LogP contribution in [-0.2, 0) is 27.3 Å². The number of aliphatic hydroxyl groups is 3. The average Bonchev–Trinajstić information content (AvgIpc) is 3.38. The minimum Gasteiger partial charge on any atom is -0.508 e. The molecule has 222 valence electrons. The lowest BCUT2D eigenvalue weighted by Gasteiger charge is -2.50. The van der Waals surface area contributed by atoms with Crippen molar-refractivity contribution in [2.24, 2.45) is 23.5 Å². The van der Waals surface area contributed by atoms with E-state index in [1.165, 1.54) is 43.8 Å². The maximum atomic E-state index is 14.0. The number of benzene rings is 1. The van der Waals surface area contributed by atoms with Gasteiger partial charge in [0.25, 0.3) is 5.91 Å². The van der Waals surface area contributed by atoms with E-state index in [0.717, 1.165) is 12.1 Å². The number of phenolic OH excluding ortho intramolecular Hbond substituents is 1. The van der Waals surface area contributed by atoms with Gasteiger partial charge in [-0.25, -0.2) is 0 Å². The third-order valence-electron chi connectivity index (χ3n) is 9.44. The number of carbonyl (C=O) groups is 3. The average molecular weight is 570 g/mol. The minimum atomic E-state index is -2.66. The number of aromatic hydroxyl groups is 1. The highest BCUT2D eigenvalue weighted by Gasteiger charge is 2.64. The van der Waals surface area contributed by atoms with Gasteiger partial charge in [-0.15, -0.1) is 0 Å². The van der Waals surface area contributed by atoms with Gasteiger partial charge in [-0.05, 0) is 64.7 Å². The Balaban J connectivity index is 1.60. The van der Waals surface area contributed by atoms with E-state index < -0.39 is 58.0 Å². The van der Waals surface area contributed by atoms with Gasteiger partial charge < -0.3 is 35.8 Å². The molecular formula is C30H39N3O8. The summed E-state index contributed by atoms with van der Waals surface area (Å²) in [5, 5.41) is 45.2. The molecule has 41 heavy (non-hydrogen) atoms. The molecule has 0 heterocycles. The van der Waals surface area contributed by atoms with Crippen molar-refractivity contribution in [1.29, 1.82) is 0 Å². The van der Waals surface area contributed by atoms with Crippen LogP contribution < -0.4 is 10.5 Å². The molecule has 0 bridgehead atoms. The molecule has 11 heteroatoms. The molecule has 0 aromatic heterocycles. The zero-order chi connectivity index (χ0) is 30.0. The number of Topliss-reactive ketones (excluding diaryl/α,β-unsaturated/α-hetero) is 2. The second kappa shape index (κ2) is 10.5. The molecule has 4 atom stereocenters. The number of ether oxygens (including phenoxy) is 1. The first-order valence-electron chi connectivity index (χ1n) is 14.1. The van der Waals surface area contributed by atoms with Crippen LogP contribution >= 0.6 is 0 Å². The van der Waals surface area contributed by atoms with Gasteiger partial charge in [-0.3, -0.25) is 19.3 Å². The van der Waals surface area contributed by atoms with Gasteiger partial charge in [-0.1, -0.05) is 12.8 Å². The molecule has 5 rings (SSSR count). The second-order valence-corrected chi connectivity index (χ2v) is 12.3. The van der Waals surface area contributed by atoms with Crippen molar-refractivity contribution in [3.63, 3.8) is 0 Å². The van der Waals surface area contributed by atoms with Gasteiger partial charge in [0.15, 0.2) is 11.4 Å². The highest BCUT2D eigenvalue weighted by molar-refractivity contribution is 6.24. The van der Waals surface area contributed by atoms with Crippen LogP contribution in [0.3, 0.4) is 0 Å². The molecule has 2 saturated carbocycles. The lowest BCUT2D eigenvalue weighted by molar-refractivity contribution is -0.153. The number of aliphatic hydroxyl groups excluding tert-OH is 2. The number of methoxy groups -OCH3 is 1. The Morgan fingerprint density at radius 1 is 1.15 bits per heavy atom. The summed E-state index contributed by atoms with van der Waals surface area (Å²) < 4.78 is 5.82. The van der Waals surface area contributed by atoms with E-state index in [9.17, 15) is 34.8 Å². The van der Waals surface area contributed by atoms with Crippen LogP contribution in [0.25, 0.3) is 5.76 Å². The molecule has 0 saturated heterocycles. The third-order valence-corrected chi connectivity index (χ3v) is 9.44. The Hall–Kier alpha value is -3.41. The van der Waals surface area contributed by atoms with E-state index in [0.29, 0.717) is 23.8 Å². The number of amides is 1. The van der Waals surface area contributed by atoms with E-state index in [4.69, 9.17) is 10.5 Å². The summed E-state index contributed by atoms with van der Waals surface area (Å²) in [6, 6.07) is 0.396. The molecule has 4 aliphatic rings. The maximum Gasteiger partial charge on any atom is 0.255 e. The molecule has 4 aliphatic carbocycles. The first-order valence-corrected chi connectivity index (χ1v) is 14.1. The number of hydrogen-bond acceptors (Lipinski definition) is 10. The topological polar surface area (TPSA) is 174 Å². The summed E-state index contributed by atoms with van der Waals surface area (Å²) in [5.41, 5.74) is 3.00.